The molecule has 0 aliphatic rings. The van der Waals surface area contributed by atoms with E-state index in [0.29, 0.717) is 23.2 Å². The number of carboxylic acids is 1. The summed E-state index contributed by atoms with van der Waals surface area (Å²) in [6.45, 7) is 7.72. The molecule has 0 aliphatic carbocycles. The second-order valence-corrected chi connectivity index (χ2v) is 7.94. The Bertz CT molecular complexity index is 1110. The standard InChI is InChI=1S/C25H27NO4/c1-14(2)19-20(15(3)4)24(30-13-12-27)21(23(26)22(19)25(28)29)18-11-7-9-16-8-5-6-10-17(16)18/h5-12,14-15H,13,26H2,1-4H3,(H,28,29). The van der Waals surface area contributed by atoms with Crippen LogP contribution in [-0.4, -0.2) is 24.0 Å². The minimum absolute atomic E-state index is 0.0310. The van der Waals surface area contributed by atoms with Crippen LogP contribution in [0.4, 0.5) is 5.69 Å². The number of anilines is 1. The number of hydrogen-bond donors (Lipinski definition) is 2. The molecule has 0 radical (unpaired) electrons. The van der Waals surface area contributed by atoms with E-state index in [2.05, 4.69) is 0 Å². The molecule has 30 heavy (non-hydrogen) atoms. The Hall–Kier alpha value is -3.34. The number of carbonyl (C=O) groups excluding carboxylic acids is 1. The Morgan fingerprint density at radius 1 is 1.03 bits per heavy atom. The number of hydrogen-bond acceptors (Lipinski definition) is 4. The maximum absolute atomic E-state index is 12.3. The minimum Gasteiger partial charge on any atom is -0.485 e. The van der Waals surface area contributed by atoms with E-state index < -0.39 is 5.97 Å². The molecule has 0 saturated heterocycles. The molecular weight excluding hydrogens is 378 g/mol. The van der Waals surface area contributed by atoms with Crippen LogP contribution in [0.2, 0.25) is 0 Å². The van der Waals surface area contributed by atoms with Crippen molar-refractivity contribution < 1.29 is 19.4 Å². The van der Waals surface area contributed by atoms with Crippen molar-refractivity contribution >= 4 is 28.7 Å². The summed E-state index contributed by atoms with van der Waals surface area (Å²) in [7, 11) is 0. The molecule has 3 aromatic carbocycles. The lowest BCUT2D eigenvalue weighted by atomic mass is 9.81. The number of aromatic carboxylic acids is 1. The van der Waals surface area contributed by atoms with Crippen LogP contribution in [0.15, 0.2) is 42.5 Å². The van der Waals surface area contributed by atoms with Crippen LogP contribution in [0.25, 0.3) is 21.9 Å². The van der Waals surface area contributed by atoms with Crippen molar-refractivity contribution in [2.75, 3.05) is 12.3 Å². The van der Waals surface area contributed by atoms with Gasteiger partial charge in [-0.2, -0.15) is 0 Å². The summed E-state index contributed by atoms with van der Waals surface area (Å²) in [4.78, 5) is 23.5. The molecule has 0 aliphatic heterocycles. The van der Waals surface area contributed by atoms with Gasteiger partial charge in [-0.3, -0.25) is 4.79 Å². The summed E-state index contributed by atoms with van der Waals surface area (Å²) in [6.07, 6.45) is 0.688. The fourth-order valence-electron chi connectivity index (χ4n) is 4.17. The summed E-state index contributed by atoms with van der Waals surface area (Å²) in [5.41, 5.74) is 9.55. The van der Waals surface area contributed by atoms with Crippen molar-refractivity contribution in [3.8, 4) is 16.9 Å². The molecule has 3 rings (SSSR count). The van der Waals surface area contributed by atoms with Crippen LogP contribution in [0.3, 0.4) is 0 Å². The van der Waals surface area contributed by atoms with Gasteiger partial charge < -0.3 is 15.6 Å². The van der Waals surface area contributed by atoms with E-state index in [1.165, 1.54) is 0 Å². The van der Waals surface area contributed by atoms with Crippen LogP contribution in [0.5, 0.6) is 5.75 Å². The van der Waals surface area contributed by atoms with E-state index >= 15 is 0 Å². The smallest absolute Gasteiger partial charge is 0.338 e. The van der Waals surface area contributed by atoms with Gasteiger partial charge in [0, 0.05) is 11.1 Å². The highest BCUT2D eigenvalue weighted by Gasteiger charge is 2.30. The number of nitrogens with two attached hydrogens (primary N) is 1. The quantitative estimate of drug-likeness (QED) is 0.394. The van der Waals surface area contributed by atoms with Crippen molar-refractivity contribution in [1.82, 2.24) is 0 Å². The average molecular weight is 405 g/mol. The summed E-state index contributed by atoms with van der Waals surface area (Å²) in [5.74, 6) is -0.700. The number of fused-ring (bicyclic) bond motifs is 1. The third-order valence-electron chi connectivity index (χ3n) is 5.29. The zero-order valence-electron chi connectivity index (χ0n) is 17.7. The first-order chi connectivity index (χ1) is 14.3. The van der Waals surface area contributed by atoms with Gasteiger partial charge in [0.1, 0.15) is 12.4 Å². The third kappa shape index (κ3) is 3.63. The number of carbonyl (C=O) groups is 2. The zero-order chi connectivity index (χ0) is 22.0. The van der Waals surface area contributed by atoms with Crippen LogP contribution in [0, 0.1) is 0 Å². The molecule has 0 unspecified atom stereocenters. The van der Waals surface area contributed by atoms with E-state index in [9.17, 15) is 14.7 Å². The maximum atomic E-state index is 12.3. The number of nitrogen functional groups attached to an aromatic ring is 1. The Morgan fingerprint density at radius 2 is 1.67 bits per heavy atom. The van der Waals surface area contributed by atoms with Gasteiger partial charge in [0.25, 0.3) is 0 Å². The molecule has 3 aromatic rings. The molecule has 0 aromatic heterocycles. The number of ether oxygens (including phenoxy) is 1. The van der Waals surface area contributed by atoms with Crippen molar-refractivity contribution in [3.05, 3.63) is 59.2 Å². The summed E-state index contributed by atoms with van der Waals surface area (Å²) in [5, 5.41) is 12.0. The molecule has 156 valence electrons. The molecule has 3 N–H and O–H groups in total. The number of benzene rings is 3. The molecule has 5 nitrogen and oxygen atoms in total. The topological polar surface area (TPSA) is 89.6 Å². The molecule has 0 heterocycles. The zero-order valence-corrected chi connectivity index (χ0v) is 17.7. The van der Waals surface area contributed by atoms with E-state index in [0.717, 1.165) is 21.9 Å². The summed E-state index contributed by atoms with van der Waals surface area (Å²) in [6, 6.07) is 13.6. The molecule has 0 amide bonds. The van der Waals surface area contributed by atoms with Gasteiger partial charge in [0.05, 0.1) is 11.3 Å². The molecule has 0 bridgehead atoms. The van der Waals surface area contributed by atoms with Gasteiger partial charge in [-0.1, -0.05) is 70.2 Å². The van der Waals surface area contributed by atoms with E-state index in [4.69, 9.17) is 10.5 Å². The Balaban J connectivity index is 2.56. The first-order valence-corrected chi connectivity index (χ1v) is 10.1. The van der Waals surface area contributed by atoms with E-state index in [1.807, 2.05) is 70.2 Å². The van der Waals surface area contributed by atoms with Gasteiger partial charge in [0.2, 0.25) is 0 Å². The molecule has 0 fully saturated rings. The SMILES string of the molecule is CC(C)c1c(OCC=O)c(-c2cccc3ccccc23)c(N)c(C(=O)O)c1C(C)C. The van der Waals surface area contributed by atoms with Crippen molar-refractivity contribution in [1.29, 1.82) is 0 Å². The highest BCUT2D eigenvalue weighted by Crippen LogP contribution is 2.49. The Kier molecular flexibility index (Phi) is 6.11. The van der Waals surface area contributed by atoms with Gasteiger partial charge in [-0.05, 0) is 33.7 Å². The van der Waals surface area contributed by atoms with Crippen molar-refractivity contribution in [2.45, 2.75) is 39.5 Å². The minimum atomic E-state index is -1.07. The Labute approximate surface area is 176 Å². The number of aldehydes is 1. The predicted molar refractivity (Wildman–Crippen MR) is 120 cm³/mol. The highest BCUT2D eigenvalue weighted by molar-refractivity contribution is 6.07. The van der Waals surface area contributed by atoms with Gasteiger partial charge in [-0.25, -0.2) is 4.79 Å². The lowest BCUT2D eigenvalue weighted by molar-refractivity contribution is -0.109. The fraction of sp³-hybridized carbons (Fsp3) is 0.280. The van der Waals surface area contributed by atoms with Gasteiger partial charge in [-0.15, -0.1) is 0 Å². The summed E-state index contributed by atoms with van der Waals surface area (Å²) < 4.78 is 5.95. The fourth-order valence-corrected chi connectivity index (χ4v) is 4.17. The second-order valence-electron chi connectivity index (χ2n) is 7.94. The molecular formula is C25H27NO4. The van der Waals surface area contributed by atoms with Crippen LogP contribution in [0.1, 0.15) is 61.0 Å². The largest absolute Gasteiger partial charge is 0.485 e. The number of rotatable bonds is 7. The first-order valence-electron chi connectivity index (χ1n) is 10.1. The van der Waals surface area contributed by atoms with Crippen LogP contribution < -0.4 is 10.5 Å². The van der Waals surface area contributed by atoms with Crippen molar-refractivity contribution in [2.24, 2.45) is 0 Å². The Morgan fingerprint density at radius 3 is 2.27 bits per heavy atom. The summed E-state index contributed by atoms with van der Waals surface area (Å²) >= 11 is 0. The highest BCUT2D eigenvalue weighted by atomic mass is 16.5. The van der Waals surface area contributed by atoms with Crippen LogP contribution >= 0.6 is 0 Å². The maximum Gasteiger partial charge on any atom is 0.338 e. The van der Waals surface area contributed by atoms with Crippen molar-refractivity contribution in [3.63, 3.8) is 0 Å². The average Bonchev–Trinajstić information content (AvgIpc) is 2.70. The molecule has 0 spiro atoms. The van der Waals surface area contributed by atoms with E-state index in [-0.39, 0.29) is 29.7 Å². The van der Waals surface area contributed by atoms with Gasteiger partial charge >= 0.3 is 5.97 Å². The molecule has 0 atom stereocenters. The predicted octanol–water partition coefficient (Wildman–Crippen LogP) is 5.61. The lowest BCUT2D eigenvalue weighted by Gasteiger charge is -2.27. The van der Waals surface area contributed by atoms with Crippen LogP contribution in [-0.2, 0) is 4.79 Å². The molecule has 5 heteroatoms. The first kappa shape index (κ1) is 21.4. The molecule has 0 saturated carbocycles. The third-order valence-corrected chi connectivity index (χ3v) is 5.29. The van der Waals surface area contributed by atoms with Gasteiger partial charge in [0.15, 0.2) is 6.29 Å². The monoisotopic (exact) mass is 405 g/mol. The number of carboxylic acid groups (broad SMARTS) is 1. The normalized spacial score (nSPS) is 11.3. The second kappa shape index (κ2) is 8.57. The lowest BCUT2D eigenvalue weighted by Crippen LogP contribution is -2.16. The van der Waals surface area contributed by atoms with E-state index in [1.54, 1.807) is 0 Å².